The summed E-state index contributed by atoms with van der Waals surface area (Å²) in [6, 6.07) is 7.74. The van der Waals surface area contributed by atoms with Gasteiger partial charge in [0.1, 0.15) is 0 Å². The van der Waals surface area contributed by atoms with E-state index in [0.29, 0.717) is 6.61 Å². The van der Waals surface area contributed by atoms with Crippen LogP contribution in [0.3, 0.4) is 0 Å². The second-order valence-electron chi connectivity index (χ2n) is 3.73. The maximum absolute atomic E-state index is 5.94. The minimum Gasteiger partial charge on any atom is -0.472 e. The molecule has 0 radical (unpaired) electrons. The van der Waals surface area contributed by atoms with Crippen molar-refractivity contribution in [1.29, 1.82) is 0 Å². The van der Waals surface area contributed by atoms with E-state index in [4.69, 9.17) is 14.9 Å². The molecule has 0 spiro atoms. The van der Waals surface area contributed by atoms with Crippen molar-refractivity contribution in [3.63, 3.8) is 0 Å². The summed E-state index contributed by atoms with van der Waals surface area (Å²) in [5, 5.41) is 3.26. The third kappa shape index (κ3) is 2.79. The first-order chi connectivity index (χ1) is 8.31. The van der Waals surface area contributed by atoms with Crippen molar-refractivity contribution in [2.24, 2.45) is 0 Å². The Balaban J connectivity index is 2.18. The van der Waals surface area contributed by atoms with Crippen molar-refractivity contribution in [2.75, 3.05) is 31.3 Å². The van der Waals surface area contributed by atoms with Crippen LogP contribution in [0.4, 0.5) is 11.4 Å². The van der Waals surface area contributed by atoms with E-state index in [0.717, 1.165) is 29.0 Å². The summed E-state index contributed by atoms with van der Waals surface area (Å²) in [5.74, 6) is 0. The number of nitrogens with two attached hydrogens (primary N) is 1. The molecule has 2 rings (SSSR count). The first kappa shape index (κ1) is 11.5. The molecule has 90 valence electrons. The molecule has 2 aromatic rings. The van der Waals surface area contributed by atoms with Crippen molar-refractivity contribution in [2.45, 2.75) is 0 Å². The maximum atomic E-state index is 5.94. The lowest BCUT2D eigenvalue weighted by molar-refractivity contribution is 0.211. The zero-order valence-corrected chi connectivity index (χ0v) is 9.77. The Morgan fingerprint density at radius 1 is 1.35 bits per heavy atom. The van der Waals surface area contributed by atoms with Crippen molar-refractivity contribution in [3.05, 3.63) is 36.8 Å². The third-order valence-electron chi connectivity index (χ3n) is 2.52. The highest BCUT2D eigenvalue weighted by Crippen LogP contribution is 2.28. The Labute approximate surface area is 100 Å². The van der Waals surface area contributed by atoms with Crippen LogP contribution in [0.1, 0.15) is 0 Å². The quantitative estimate of drug-likeness (QED) is 0.614. The first-order valence-corrected chi connectivity index (χ1v) is 5.46. The summed E-state index contributed by atoms with van der Waals surface area (Å²) in [6.07, 6.45) is 3.32. The molecule has 1 heterocycles. The molecule has 0 saturated carbocycles. The highest BCUT2D eigenvalue weighted by molar-refractivity contribution is 5.79. The van der Waals surface area contributed by atoms with E-state index < -0.39 is 0 Å². The second kappa shape index (κ2) is 5.41. The van der Waals surface area contributed by atoms with Crippen LogP contribution >= 0.6 is 0 Å². The second-order valence-corrected chi connectivity index (χ2v) is 3.73. The van der Waals surface area contributed by atoms with Crippen LogP contribution in [-0.4, -0.2) is 20.3 Å². The molecule has 0 saturated heterocycles. The average molecular weight is 232 g/mol. The summed E-state index contributed by atoms with van der Waals surface area (Å²) in [6.45, 7) is 1.44. The fourth-order valence-electron chi connectivity index (χ4n) is 1.63. The number of benzene rings is 1. The zero-order valence-electron chi connectivity index (χ0n) is 9.77. The predicted molar refractivity (Wildman–Crippen MR) is 68.9 cm³/mol. The number of nitrogen functional groups attached to an aromatic ring is 1. The summed E-state index contributed by atoms with van der Waals surface area (Å²) in [4.78, 5) is 0. The Hall–Kier alpha value is -1.94. The van der Waals surface area contributed by atoms with Gasteiger partial charge < -0.3 is 20.2 Å². The van der Waals surface area contributed by atoms with E-state index in [2.05, 4.69) is 5.32 Å². The molecule has 0 fully saturated rings. The smallest absolute Gasteiger partial charge is 0.0981 e. The molecular formula is C13H16N2O2. The lowest BCUT2D eigenvalue weighted by Gasteiger charge is -2.09. The van der Waals surface area contributed by atoms with Crippen LogP contribution in [-0.2, 0) is 4.74 Å². The zero-order chi connectivity index (χ0) is 12.1. The molecule has 1 aromatic heterocycles. The average Bonchev–Trinajstić information content (AvgIpc) is 2.85. The van der Waals surface area contributed by atoms with Crippen LogP contribution in [0.15, 0.2) is 41.2 Å². The van der Waals surface area contributed by atoms with Crippen molar-refractivity contribution in [1.82, 2.24) is 0 Å². The van der Waals surface area contributed by atoms with Gasteiger partial charge in [0.05, 0.1) is 19.1 Å². The highest BCUT2D eigenvalue weighted by Gasteiger charge is 2.05. The van der Waals surface area contributed by atoms with Gasteiger partial charge in [-0.05, 0) is 24.3 Å². The maximum Gasteiger partial charge on any atom is 0.0981 e. The summed E-state index contributed by atoms with van der Waals surface area (Å²) < 4.78 is 10.1. The van der Waals surface area contributed by atoms with Gasteiger partial charge in [0.2, 0.25) is 0 Å². The molecule has 0 amide bonds. The number of hydrogen-bond acceptors (Lipinski definition) is 4. The third-order valence-corrected chi connectivity index (χ3v) is 2.52. The lowest BCUT2D eigenvalue weighted by atomic mass is 10.1. The molecule has 4 nitrogen and oxygen atoms in total. The normalized spacial score (nSPS) is 10.4. The largest absolute Gasteiger partial charge is 0.472 e. The van der Waals surface area contributed by atoms with E-state index >= 15 is 0 Å². The Kier molecular flexibility index (Phi) is 3.67. The molecule has 0 unspecified atom stereocenters. The van der Waals surface area contributed by atoms with Gasteiger partial charge >= 0.3 is 0 Å². The first-order valence-electron chi connectivity index (χ1n) is 5.46. The molecule has 0 aliphatic rings. The fourth-order valence-corrected chi connectivity index (χ4v) is 1.63. The van der Waals surface area contributed by atoms with Crippen LogP contribution < -0.4 is 11.1 Å². The number of anilines is 2. The minimum atomic E-state index is 0.672. The van der Waals surface area contributed by atoms with E-state index in [1.807, 2.05) is 24.3 Å². The molecular weight excluding hydrogens is 216 g/mol. The Bertz CT molecular complexity index is 466. The summed E-state index contributed by atoms with van der Waals surface area (Å²) >= 11 is 0. The monoisotopic (exact) mass is 232 g/mol. The number of hydrogen-bond donors (Lipinski definition) is 2. The molecule has 4 heteroatoms. The van der Waals surface area contributed by atoms with Gasteiger partial charge in [-0.3, -0.25) is 0 Å². The van der Waals surface area contributed by atoms with E-state index in [1.54, 1.807) is 19.6 Å². The highest BCUT2D eigenvalue weighted by atomic mass is 16.5. The lowest BCUT2D eigenvalue weighted by Crippen LogP contribution is -2.07. The van der Waals surface area contributed by atoms with E-state index in [9.17, 15) is 0 Å². The van der Waals surface area contributed by atoms with Gasteiger partial charge in [-0.2, -0.15) is 0 Å². The van der Waals surface area contributed by atoms with Crippen LogP contribution in [0.2, 0.25) is 0 Å². The Morgan fingerprint density at radius 2 is 2.24 bits per heavy atom. The molecule has 17 heavy (non-hydrogen) atoms. The van der Waals surface area contributed by atoms with E-state index in [-0.39, 0.29) is 0 Å². The molecule has 1 aromatic carbocycles. The van der Waals surface area contributed by atoms with Gasteiger partial charge in [-0.15, -0.1) is 0 Å². The van der Waals surface area contributed by atoms with E-state index in [1.165, 1.54) is 0 Å². The predicted octanol–water partition coefficient (Wildman–Crippen LogP) is 2.59. The van der Waals surface area contributed by atoms with Gasteiger partial charge in [-0.1, -0.05) is 0 Å². The fraction of sp³-hybridized carbons (Fsp3) is 0.231. The molecule has 0 aliphatic carbocycles. The van der Waals surface area contributed by atoms with Gasteiger partial charge in [0.25, 0.3) is 0 Å². The number of methoxy groups -OCH3 is 1. The van der Waals surface area contributed by atoms with Crippen molar-refractivity contribution >= 4 is 11.4 Å². The Morgan fingerprint density at radius 3 is 2.94 bits per heavy atom. The molecule has 0 bridgehead atoms. The van der Waals surface area contributed by atoms with Crippen LogP contribution in [0.25, 0.3) is 11.1 Å². The number of ether oxygens (including phenoxy) is 1. The van der Waals surface area contributed by atoms with Crippen LogP contribution in [0, 0.1) is 0 Å². The SMILES string of the molecule is COCCNc1ccc(N)c(-c2ccoc2)c1. The minimum absolute atomic E-state index is 0.672. The summed E-state index contributed by atoms with van der Waals surface area (Å²) in [5.41, 5.74) is 9.66. The van der Waals surface area contributed by atoms with Crippen LogP contribution in [0.5, 0.6) is 0 Å². The molecule has 0 atom stereocenters. The van der Waals surface area contributed by atoms with Gasteiger partial charge in [-0.25, -0.2) is 0 Å². The number of furan rings is 1. The summed E-state index contributed by atoms with van der Waals surface area (Å²) in [7, 11) is 1.68. The topological polar surface area (TPSA) is 60.4 Å². The van der Waals surface area contributed by atoms with Crippen molar-refractivity contribution < 1.29 is 9.15 Å². The van der Waals surface area contributed by atoms with Gasteiger partial charge in [0.15, 0.2) is 0 Å². The van der Waals surface area contributed by atoms with Crippen molar-refractivity contribution in [3.8, 4) is 11.1 Å². The molecule has 3 N–H and O–H groups in total. The number of nitrogens with one attached hydrogen (secondary N) is 1. The van der Waals surface area contributed by atoms with Gasteiger partial charge in [0, 0.05) is 36.2 Å². The molecule has 0 aliphatic heterocycles. The number of rotatable bonds is 5. The standard InChI is InChI=1S/C13H16N2O2/c1-16-7-5-15-11-2-3-13(14)12(8-11)10-4-6-17-9-10/h2-4,6,8-9,15H,5,7,14H2,1H3.